The Morgan fingerprint density at radius 1 is 0.630 bits per heavy atom. The van der Waals surface area contributed by atoms with E-state index in [0.29, 0.717) is 10.9 Å². The molecule has 0 unspecified atom stereocenters. The Morgan fingerprint density at radius 3 is 1.78 bits per heavy atom. The number of aromatic nitrogens is 1. The first-order valence-electron chi connectivity index (χ1n) is 9.25. The van der Waals surface area contributed by atoms with E-state index in [-0.39, 0.29) is 0 Å². The van der Waals surface area contributed by atoms with E-state index in [9.17, 15) is 8.78 Å². The minimum atomic E-state index is -0.822. The maximum atomic E-state index is 14.1. The van der Waals surface area contributed by atoms with Crippen LogP contribution in [0.4, 0.5) is 8.78 Å². The number of halogens is 2. The van der Waals surface area contributed by atoms with Gasteiger partial charge in [-0.2, -0.15) is 4.39 Å². The standard InChI is InChI=1S/C22H15F2N.C2H6/c1-12-4-3-5-14-13(12)6-7-16-15(14)8-10-18-17(16)9-11-19-20(23)22(24)25(2)21(18)19;1-2/h3-11H,1-2H3;1-2H3. The summed E-state index contributed by atoms with van der Waals surface area (Å²) in [6.07, 6.45) is 0. The van der Waals surface area contributed by atoms with Crippen LogP contribution in [0, 0.1) is 18.7 Å². The first-order valence-corrected chi connectivity index (χ1v) is 9.25. The van der Waals surface area contributed by atoms with E-state index >= 15 is 0 Å². The van der Waals surface area contributed by atoms with E-state index in [1.165, 1.54) is 20.9 Å². The summed E-state index contributed by atoms with van der Waals surface area (Å²) in [5.41, 5.74) is 1.83. The van der Waals surface area contributed by atoms with Gasteiger partial charge in [0.15, 0.2) is 5.82 Å². The van der Waals surface area contributed by atoms with Crippen molar-refractivity contribution in [1.82, 2.24) is 4.57 Å². The molecule has 0 bridgehead atoms. The third-order valence-corrected chi connectivity index (χ3v) is 5.29. The van der Waals surface area contributed by atoms with Crippen LogP contribution < -0.4 is 0 Å². The molecule has 136 valence electrons. The molecule has 0 fully saturated rings. The highest BCUT2D eigenvalue weighted by atomic mass is 19.2. The molecule has 3 heteroatoms. The predicted molar refractivity (Wildman–Crippen MR) is 111 cm³/mol. The molecule has 0 saturated heterocycles. The Hall–Kier alpha value is -2.94. The van der Waals surface area contributed by atoms with Gasteiger partial charge in [0.05, 0.1) is 5.52 Å². The molecule has 0 atom stereocenters. The Bertz CT molecular complexity index is 1330. The van der Waals surface area contributed by atoms with Gasteiger partial charge in [0.2, 0.25) is 5.95 Å². The quantitative estimate of drug-likeness (QED) is 0.256. The fourth-order valence-electron chi connectivity index (χ4n) is 4.03. The van der Waals surface area contributed by atoms with Crippen LogP contribution in [-0.4, -0.2) is 4.57 Å². The summed E-state index contributed by atoms with van der Waals surface area (Å²) in [6.45, 7) is 6.11. The molecular formula is C24H21F2N. The van der Waals surface area contributed by atoms with Crippen LogP contribution in [0.1, 0.15) is 19.4 Å². The first-order chi connectivity index (χ1) is 13.1. The topological polar surface area (TPSA) is 4.93 Å². The van der Waals surface area contributed by atoms with E-state index in [1.54, 1.807) is 13.1 Å². The van der Waals surface area contributed by atoms with Crippen molar-refractivity contribution in [2.45, 2.75) is 20.8 Å². The molecule has 27 heavy (non-hydrogen) atoms. The van der Waals surface area contributed by atoms with Crippen molar-refractivity contribution in [3.63, 3.8) is 0 Å². The van der Waals surface area contributed by atoms with Crippen molar-refractivity contribution in [2.75, 3.05) is 0 Å². The molecule has 1 aromatic heterocycles. The molecule has 1 heterocycles. The summed E-state index contributed by atoms with van der Waals surface area (Å²) in [6, 6.07) is 18.1. The number of hydrogen-bond acceptors (Lipinski definition) is 0. The smallest absolute Gasteiger partial charge is 0.230 e. The SMILES string of the molecule is CC.Cc1cccc2c1ccc1c2ccc2c1ccc1c(F)c(F)n(C)c12. The van der Waals surface area contributed by atoms with Crippen LogP contribution in [0.5, 0.6) is 0 Å². The summed E-state index contributed by atoms with van der Waals surface area (Å²) >= 11 is 0. The van der Waals surface area contributed by atoms with E-state index in [0.717, 1.165) is 21.5 Å². The van der Waals surface area contributed by atoms with Gasteiger partial charge in [-0.25, -0.2) is 4.39 Å². The average molecular weight is 361 g/mol. The lowest BCUT2D eigenvalue weighted by Gasteiger charge is -2.10. The van der Waals surface area contributed by atoms with Crippen molar-refractivity contribution >= 4 is 43.2 Å². The minimum Gasteiger partial charge on any atom is -0.318 e. The minimum absolute atomic E-state index is 0.323. The maximum Gasteiger partial charge on any atom is 0.230 e. The van der Waals surface area contributed by atoms with Gasteiger partial charge < -0.3 is 4.57 Å². The first kappa shape index (κ1) is 17.5. The van der Waals surface area contributed by atoms with Crippen molar-refractivity contribution in [3.05, 3.63) is 71.9 Å². The molecule has 0 aliphatic heterocycles. The number of hydrogen-bond donors (Lipinski definition) is 0. The lowest BCUT2D eigenvalue weighted by atomic mass is 9.94. The highest BCUT2D eigenvalue weighted by Gasteiger charge is 2.18. The predicted octanol–water partition coefficient (Wildman–Crippen LogP) is 7.25. The van der Waals surface area contributed by atoms with Crippen LogP contribution >= 0.6 is 0 Å². The van der Waals surface area contributed by atoms with Crippen LogP contribution in [0.2, 0.25) is 0 Å². The largest absolute Gasteiger partial charge is 0.318 e. The molecule has 0 saturated carbocycles. The molecule has 0 N–H and O–H groups in total. The molecule has 0 aliphatic carbocycles. The monoisotopic (exact) mass is 361 g/mol. The van der Waals surface area contributed by atoms with Gasteiger partial charge in [0, 0.05) is 17.8 Å². The van der Waals surface area contributed by atoms with E-state index in [4.69, 9.17) is 0 Å². The lowest BCUT2D eigenvalue weighted by Crippen LogP contribution is -1.92. The summed E-state index contributed by atoms with van der Waals surface area (Å²) in [4.78, 5) is 0. The van der Waals surface area contributed by atoms with Gasteiger partial charge in [-0.05, 0) is 45.5 Å². The summed E-state index contributed by atoms with van der Waals surface area (Å²) in [5.74, 6) is -1.61. The summed E-state index contributed by atoms with van der Waals surface area (Å²) < 4.78 is 29.4. The molecule has 0 radical (unpaired) electrons. The van der Waals surface area contributed by atoms with Crippen molar-refractivity contribution in [3.8, 4) is 0 Å². The molecule has 4 aromatic carbocycles. The van der Waals surface area contributed by atoms with Crippen LogP contribution in [0.15, 0.2) is 54.6 Å². The third kappa shape index (κ3) is 2.34. The van der Waals surface area contributed by atoms with Crippen molar-refractivity contribution in [1.29, 1.82) is 0 Å². The number of fused-ring (bicyclic) bond motifs is 7. The highest BCUT2D eigenvalue weighted by Crippen LogP contribution is 2.36. The van der Waals surface area contributed by atoms with E-state index in [1.807, 2.05) is 26.0 Å². The number of benzene rings is 4. The fourth-order valence-corrected chi connectivity index (χ4v) is 4.03. The highest BCUT2D eigenvalue weighted by molar-refractivity contribution is 6.21. The zero-order chi connectivity index (χ0) is 19.3. The molecular weight excluding hydrogens is 340 g/mol. The molecule has 0 spiro atoms. The maximum absolute atomic E-state index is 14.1. The van der Waals surface area contributed by atoms with E-state index < -0.39 is 11.8 Å². The average Bonchev–Trinajstić information content (AvgIpc) is 2.93. The third-order valence-electron chi connectivity index (χ3n) is 5.29. The van der Waals surface area contributed by atoms with Gasteiger partial charge in [-0.1, -0.05) is 62.4 Å². The Labute approximate surface area is 156 Å². The van der Waals surface area contributed by atoms with Crippen LogP contribution in [0.25, 0.3) is 43.2 Å². The van der Waals surface area contributed by atoms with Gasteiger partial charge in [0.1, 0.15) is 0 Å². The Balaban J connectivity index is 0.000000872. The van der Waals surface area contributed by atoms with Gasteiger partial charge in [0.25, 0.3) is 0 Å². The zero-order valence-corrected chi connectivity index (χ0v) is 15.9. The fraction of sp³-hybridized carbons (Fsp3) is 0.167. The van der Waals surface area contributed by atoms with Gasteiger partial charge in [-0.3, -0.25) is 0 Å². The molecule has 5 rings (SSSR count). The molecule has 0 amide bonds. The number of nitrogens with zero attached hydrogens (tertiary/aromatic N) is 1. The van der Waals surface area contributed by atoms with E-state index in [2.05, 4.69) is 43.3 Å². The summed E-state index contributed by atoms with van der Waals surface area (Å²) in [7, 11) is 1.56. The normalized spacial score (nSPS) is 11.3. The van der Waals surface area contributed by atoms with Crippen LogP contribution in [0.3, 0.4) is 0 Å². The number of rotatable bonds is 0. The molecule has 0 aliphatic rings. The summed E-state index contributed by atoms with van der Waals surface area (Å²) in [5, 5.41) is 6.87. The van der Waals surface area contributed by atoms with Crippen molar-refractivity contribution in [2.24, 2.45) is 7.05 Å². The molecule has 5 aromatic rings. The second kappa shape index (κ2) is 6.34. The van der Waals surface area contributed by atoms with Gasteiger partial charge >= 0.3 is 0 Å². The Morgan fingerprint density at radius 2 is 1.11 bits per heavy atom. The number of aryl methyl sites for hydroxylation is 2. The lowest BCUT2D eigenvalue weighted by molar-refractivity contribution is 0.466. The Kier molecular flexibility index (Phi) is 4.11. The zero-order valence-electron chi connectivity index (χ0n) is 15.9. The molecule has 1 nitrogen and oxygen atoms in total. The second-order valence-corrected chi connectivity index (χ2v) is 6.62. The van der Waals surface area contributed by atoms with Crippen molar-refractivity contribution < 1.29 is 8.78 Å². The van der Waals surface area contributed by atoms with Gasteiger partial charge in [-0.15, -0.1) is 0 Å². The van der Waals surface area contributed by atoms with Crippen LogP contribution in [-0.2, 0) is 7.05 Å². The second-order valence-electron chi connectivity index (χ2n) is 6.62.